The molecule has 2 aromatic carbocycles. The van der Waals surface area contributed by atoms with Crippen molar-refractivity contribution < 1.29 is 0 Å². The van der Waals surface area contributed by atoms with E-state index in [9.17, 15) is 0 Å². The molecule has 164 valence electrons. The SMILES string of the molecule is Cc1cc(C)cc(P(c2cc(C)cc(C)c2)[C@H](C)C2CCCC2P(C)C(C)(C)C)c1. The summed E-state index contributed by atoms with van der Waals surface area (Å²) in [6.45, 7) is 21.6. The highest BCUT2D eigenvalue weighted by Crippen LogP contribution is 2.60. The third kappa shape index (κ3) is 5.37. The minimum atomic E-state index is -0.365. The van der Waals surface area contributed by atoms with Crippen LogP contribution < -0.4 is 10.6 Å². The lowest BCUT2D eigenvalue weighted by Gasteiger charge is -2.40. The molecule has 0 nitrogen and oxygen atoms in total. The standard InChI is InChI=1S/C28H42P2/c1-19-13-20(2)16-24(15-19)30(25-17-21(3)14-22(4)18-25)23(5)26-11-10-12-27(26)29(9)28(6,7)8/h13-18,23,26-27H,10-12H2,1-9H3/t23-,26?,27?,29?/m1/s1. The third-order valence-electron chi connectivity index (χ3n) is 7.08. The number of benzene rings is 2. The Morgan fingerprint density at radius 2 is 1.20 bits per heavy atom. The summed E-state index contributed by atoms with van der Waals surface area (Å²) in [7, 11) is -0.336. The lowest BCUT2D eigenvalue weighted by molar-refractivity contribution is 0.541. The Morgan fingerprint density at radius 1 is 0.767 bits per heavy atom. The topological polar surface area (TPSA) is 0 Å². The van der Waals surface area contributed by atoms with Crippen molar-refractivity contribution in [1.82, 2.24) is 0 Å². The maximum atomic E-state index is 2.59. The van der Waals surface area contributed by atoms with Crippen molar-refractivity contribution in [3.05, 3.63) is 58.7 Å². The number of aryl methyl sites for hydroxylation is 4. The molecule has 0 amide bonds. The van der Waals surface area contributed by atoms with Gasteiger partial charge in [-0.25, -0.2) is 0 Å². The zero-order chi connectivity index (χ0) is 22.2. The van der Waals surface area contributed by atoms with Gasteiger partial charge >= 0.3 is 0 Å². The summed E-state index contributed by atoms with van der Waals surface area (Å²) in [5.74, 6) is 0.855. The minimum Gasteiger partial charge on any atom is -0.101 e. The number of hydrogen-bond donors (Lipinski definition) is 0. The van der Waals surface area contributed by atoms with Crippen molar-refractivity contribution in [1.29, 1.82) is 0 Å². The van der Waals surface area contributed by atoms with E-state index in [0.717, 1.165) is 17.2 Å². The fourth-order valence-electron chi connectivity index (χ4n) is 5.50. The van der Waals surface area contributed by atoms with Gasteiger partial charge in [-0.1, -0.05) is 92.8 Å². The number of hydrogen-bond acceptors (Lipinski definition) is 0. The maximum Gasteiger partial charge on any atom is -0.0123 e. The first-order chi connectivity index (χ1) is 14.0. The lowest BCUT2D eigenvalue weighted by atomic mass is 10.0. The van der Waals surface area contributed by atoms with E-state index < -0.39 is 0 Å². The molecule has 0 heterocycles. The van der Waals surface area contributed by atoms with E-state index in [0.29, 0.717) is 5.16 Å². The predicted molar refractivity (Wildman–Crippen MR) is 141 cm³/mol. The molecule has 1 aliphatic carbocycles. The molecule has 2 heteroatoms. The normalized spacial score (nSPS) is 21.8. The molecule has 3 rings (SSSR count). The van der Waals surface area contributed by atoms with Crippen molar-refractivity contribution in [3.63, 3.8) is 0 Å². The molecule has 1 aliphatic rings. The van der Waals surface area contributed by atoms with Crippen LogP contribution in [0, 0.1) is 33.6 Å². The predicted octanol–water partition coefficient (Wildman–Crippen LogP) is 7.82. The largest absolute Gasteiger partial charge is 0.101 e. The molecule has 0 saturated heterocycles. The Morgan fingerprint density at radius 3 is 1.60 bits per heavy atom. The van der Waals surface area contributed by atoms with Crippen molar-refractivity contribution >= 4 is 26.5 Å². The first-order valence-electron chi connectivity index (χ1n) is 11.7. The maximum absolute atomic E-state index is 2.59. The summed E-state index contributed by atoms with van der Waals surface area (Å²) in [6.07, 6.45) is 4.28. The van der Waals surface area contributed by atoms with Crippen LogP contribution in [0.2, 0.25) is 0 Å². The smallest absolute Gasteiger partial charge is 0.0123 e. The van der Waals surface area contributed by atoms with Crippen LogP contribution >= 0.6 is 15.8 Å². The summed E-state index contributed by atoms with van der Waals surface area (Å²) < 4.78 is 0. The van der Waals surface area contributed by atoms with Crippen molar-refractivity contribution in [2.45, 2.75) is 91.1 Å². The van der Waals surface area contributed by atoms with Crippen molar-refractivity contribution in [3.8, 4) is 0 Å². The molecule has 0 bridgehead atoms. The van der Waals surface area contributed by atoms with Crippen LogP contribution in [0.25, 0.3) is 0 Å². The Bertz CT molecular complexity index is 785. The summed E-state index contributed by atoms with van der Waals surface area (Å²) in [6, 6.07) is 14.6. The van der Waals surface area contributed by atoms with E-state index in [1.807, 2.05) is 0 Å². The Labute approximate surface area is 188 Å². The fraction of sp³-hybridized carbons (Fsp3) is 0.571. The fourth-order valence-corrected chi connectivity index (χ4v) is 11.5. The molecule has 30 heavy (non-hydrogen) atoms. The van der Waals surface area contributed by atoms with Crippen LogP contribution in [0.4, 0.5) is 0 Å². The lowest BCUT2D eigenvalue weighted by Crippen LogP contribution is -2.32. The first kappa shape index (κ1) is 24.0. The quantitative estimate of drug-likeness (QED) is 0.416. The van der Waals surface area contributed by atoms with E-state index in [1.165, 1.54) is 41.5 Å². The second-order valence-electron chi connectivity index (χ2n) is 10.7. The van der Waals surface area contributed by atoms with Crippen molar-refractivity contribution in [2.24, 2.45) is 5.92 Å². The Kier molecular flexibility index (Phi) is 7.53. The molecule has 0 aromatic heterocycles. The zero-order valence-electron chi connectivity index (χ0n) is 20.7. The highest BCUT2D eigenvalue weighted by molar-refractivity contribution is 7.73. The van der Waals surface area contributed by atoms with Gasteiger partial charge in [0.2, 0.25) is 0 Å². The molecule has 0 N–H and O–H groups in total. The summed E-state index contributed by atoms with van der Waals surface area (Å²) in [4.78, 5) is 0. The first-order valence-corrected chi connectivity index (χ1v) is 14.9. The summed E-state index contributed by atoms with van der Waals surface area (Å²) in [5, 5.41) is 3.62. The molecular weight excluding hydrogens is 398 g/mol. The van der Waals surface area contributed by atoms with Gasteiger partial charge in [-0.2, -0.15) is 0 Å². The van der Waals surface area contributed by atoms with Crippen LogP contribution in [-0.4, -0.2) is 23.1 Å². The van der Waals surface area contributed by atoms with Gasteiger partial charge < -0.3 is 0 Å². The highest BCUT2D eigenvalue weighted by Gasteiger charge is 2.41. The molecule has 0 aliphatic heterocycles. The van der Waals surface area contributed by atoms with Gasteiger partial charge in [0.05, 0.1) is 0 Å². The van der Waals surface area contributed by atoms with Gasteiger partial charge in [0.25, 0.3) is 0 Å². The van der Waals surface area contributed by atoms with Gasteiger partial charge in [0, 0.05) is 0 Å². The van der Waals surface area contributed by atoms with Crippen LogP contribution in [0.1, 0.15) is 69.2 Å². The molecular formula is C28H42P2. The molecule has 4 atom stereocenters. The van der Waals surface area contributed by atoms with Crippen molar-refractivity contribution in [2.75, 3.05) is 6.66 Å². The highest BCUT2D eigenvalue weighted by atomic mass is 31.1. The van der Waals surface area contributed by atoms with E-state index in [2.05, 4.69) is 98.5 Å². The third-order valence-corrected chi connectivity index (χ3v) is 13.7. The van der Waals surface area contributed by atoms with E-state index in [1.54, 1.807) is 10.6 Å². The van der Waals surface area contributed by atoms with Crippen LogP contribution in [0.15, 0.2) is 36.4 Å². The second-order valence-corrected chi connectivity index (χ2v) is 16.6. The van der Waals surface area contributed by atoms with Crippen LogP contribution in [0.3, 0.4) is 0 Å². The molecule has 1 saturated carbocycles. The summed E-state index contributed by atoms with van der Waals surface area (Å²) in [5.41, 5.74) is 7.27. The van der Waals surface area contributed by atoms with Gasteiger partial charge in [-0.15, -0.1) is 7.92 Å². The van der Waals surface area contributed by atoms with Crippen LogP contribution in [-0.2, 0) is 0 Å². The van der Waals surface area contributed by atoms with Gasteiger partial charge in [-0.05, 0) is 88.1 Å². The monoisotopic (exact) mass is 440 g/mol. The van der Waals surface area contributed by atoms with Gasteiger partial charge in [0.15, 0.2) is 0 Å². The summed E-state index contributed by atoms with van der Waals surface area (Å²) >= 11 is 0. The number of rotatable bonds is 5. The van der Waals surface area contributed by atoms with E-state index >= 15 is 0 Å². The molecule has 0 radical (unpaired) electrons. The van der Waals surface area contributed by atoms with Gasteiger partial charge in [0.1, 0.15) is 0 Å². The average molecular weight is 441 g/mol. The van der Waals surface area contributed by atoms with E-state index in [4.69, 9.17) is 0 Å². The molecule has 3 unspecified atom stereocenters. The second kappa shape index (κ2) is 9.43. The Hall–Kier alpha value is -0.700. The zero-order valence-corrected chi connectivity index (χ0v) is 22.5. The van der Waals surface area contributed by atoms with Gasteiger partial charge in [-0.3, -0.25) is 0 Å². The molecule has 0 spiro atoms. The Balaban J connectivity index is 2.07. The van der Waals surface area contributed by atoms with E-state index in [-0.39, 0.29) is 15.8 Å². The average Bonchev–Trinajstić information content (AvgIpc) is 3.08. The molecule has 1 fully saturated rings. The van der Waals surface area contributed by atoms with Crippen LogP contribution in [0.5, 0.6) is 0 Å². The molecule has 2 aromatic rings. The minimum absolute atomic E-state index is 0.0284.